The molecular weight excluding hydrogens is 553 g/mol. The first-order valence-corrected chi connectivity index (χ1v) is 13.9. The first kappa shape index (κ1) is 26.6. The third kappa shape index (κ3) is 5.26. The Bertz CT molecular complexity index is 1880. The number of ether oxygens (including phenoxy) is 2. The minimum absolute atomic E-state index is 0.00389. The van der Waals surface area contributed by atoms with Crippen LogP contribution in [0, 0.1) is 17.1 Å². The zero-order chi connectivity index (χ0) is 29.5. The Kier molecular flexibility index (Phi) is 6.71. The lowest BCUT2D eigenvalue weighted by Crippen LogP contribution is -2.32. The van der Waals surface area contributed by atoms with Gasteiger partial charge in [-0.15, -0.1) is 0 Å². The molecule has 0 spiro atoms. The van der Waals surface area contributed by atoms with Crippen molar-refractivity contribution >= 4 is 22.8 Å². The first-order valence-electron chi connectivity index (χ1n) is 13.9. The van der Waals surface area contributed by atoms with Crippen LogP contribution in [0.1, 0.15) is 45.0 Å². The molecule has 0 amide bonds. The monoisotopic (exact) mass is 579 g/mol. The molecule has 43 heavy (non-hydrogen) atoms. The summed E-state index contributed by atoms with van der Waals surface area (Å²) in [6.07, 6.45) is 3.04. The molecule has 2 aromatic carbocycles. The number of anilines is 1. The molecule has 11 nitrogen and oxygen atoms in total. The van der Waals surface area contributed by atoms with E-state index in [-0.39, 0.29) is 23.8 Å². The van der Waals surface area contributed by atoms with Crippen molar-refractivity contribution in [1.29, 1.82) is 5.26 Å². The third-order valence-corrected chi connectivity index (χ3v) is 7.77. The SMILES string of the molecule is N#Cc1ccc(COc2cccc(N3Cc4cn(Cc5nc6ccc(C(=O)O)cc6n5C[C@@H]5CCO5)nc4C3)n2)c(F)c1. The molecule has 0 radical (unpaired) electrons. The van der Waals surface area contributed by atoms with E-state index in [0.717, 1.165) is 47.0 Å². The number of imidazole rings is 1. The second-order valence-corrected chi connectivity index (χ2v) is 10.6. The number of aromatic carboxylic acids is 1. The molecule has 1 atom stereocenters. The van der Waals surface area contributed by atoms with Crippen LogP contribution < -0.4 is 9.64 Å². The van der Waals surface area contributed by atoms with E-state index in [1.165, 1.54) is 6.07 Å². The Balaban J connectivity index is 1.05. The number of carboxylic acids is 1. The largest absolute Gasteiger partial charge is 0.478 e. The number of pyridine rings is 1. The summed E-state index contributed by atoms with van der Waals surface area (Å²) < 4.78 is 29.6. The van der Waals surface area contributed by atoms with Crippen molar-refractivity contribution in [2.75, 3.05) is 11.5 Å². The van der Waals surface area contributed by atoms with Crippen LogP contribution in [0.2, 0.25) is 0 Å². The summed E-state index contributed by atoms with van der Waals surface area (Å²) in [5.74, 6) is 0.413. The minimum atomic E-state index is -0.976. The number of halogens is 1. The Morgan fingerprint density at radius 3 is 2.79 bits per heavy atom. The second kappa shape index (κ2) is 10.8. The van der Waals surface area contributed by atoms with Crippen molar-refractivity contribution < 1.29 is 23.8 Å². The molecule has 0 saturated carbocycles. The molecule has 1 saturated heterocycles. The molecule has 2 aliphatic heterocycles. The molecule has 0 unspecified atom stereocenters. The van der Waals surface area contributed by atoms with Gasteiger partial charge in [0.15, 0.2) is 0 Å². The molecule has 5 aromatic rings. The van der Waals surface area contributed by atoms with Crippen molar-refractivity contribution in [2.45, 2.75) is 45.3 Å². The lowest BCUT2D eigenvalue weighted by atomic mass is 10.1. The number of hydrogen-bond acceptors (Lipinski definition) is 8. The molecule has 2 aliphatic rings. The quantitative estimate of drug-likeness (QED) is 0.272. The molecule has 12 heteroatoms. The van der Waals surface area contributed by atoms with Gasteiger partial charge in [-0.2, -0.15) is 15.3 Å². The maximum atomic E-state index is 14.2. The Morgan fingerprint density at radius 1 is 1.16 bits per heavy atom. The first-order chi connectivity index (χ1) is 20.9. The van der Waals surface area contributed by atoms with Crippen LogP contribution in [0.5, 0.6) is 5.88 Å². The van der Waals surface area contributed by atoms with E-state index >= 15 is 0 Å². The number of nitriles is 1. The molecule has 0 bridgehead atoms. The number of aromatic nitrogens is 5. The van der Waals surface area contributed by atoms with Crippen molar-refractivity contribution in [1.82, 2.24) is 24.3 Å². The zero-order valence-electron chi connectivity index (χ0n) is 23.0. The summed E-state index contributed by atoms with van der Waals surface area (Å²) in [5.41, 5.74) is 4.34. The van der Waals surface area contributed by atoms with Crippen molar-refractivity contribution in [3.05, 3.63) is 100 Å². The molecule has 7 rings (SSSR count). The molecule has 216 valence electrons. The van der Waals surface area contributed by atoms with Crippen LogP contribution in [0.4, 0.5) is 10.2 Å². The van der Waals surface area contributed by atoms with Gasteiger partial charge in [0.2, 0.25) is 5.88 Å². The summed E-state index contributed by atoms with van der Waals surface area (Å²) in [7, 11) is 0. The van der Waals surface area contributed by atoms with Gasteiger partial charge in [0, 0.05) is 36.5 Å². The highest BCUT2D eigenvalue weighted by Crippen LogP contribution is 2.29. The smallest absolute Gasteiger partial charge is 0.335 e. The van der Waals surface area contributed by atoms with Gasteiger partial charge in [-0.3, -0.25) is 4.68 Å². The van der Waals surface area contributed by atoms with Gasteiger partial charge >= 0.3 is 5.97 Å². The molecule has 1 fully saturated rings. The molecule has 3 aromatic heterocycles. The van der Waals surface area contributed by atoms with Gasteiger partial charge in [0.05, 0.1) is 59.7 Å². The molecule has 5 heterocycles. The van der Waals surface area contributed by atoms with Crippen LogP contribution in [-0.4, -0.2) is 48.1 Å². The predicted octanol–water partition coefficient (Wildman–Crippen LogP) is 4.27. The molecule has 1 N–H and O–H groups in total. The fraction of sp³-hybridized carbons (Fsp3) is 0.258. The second-order valence-electron chi connectivity index (χ2n) is 10.6. The summed E-state index contributed by atoms with van der Waals surface area (Å²) in [5, 5.41) is 23.3. The standard InChI is InChI=1S/C31H26FN7O4/c32-24-10-19(12-33)4-5-21(24)18-43-30-3-1-2-28(35-30)37-13-22-14-38(36-26(22)16-37)17-29-34-25-7-6-20(31(40)41)11-27(25)39(29)15-23-8-9-42-23/h1-7,10-11,14,23H,8-9,13,15-18H2,(H,40,41)/t23-/m0/s1. The van der Waals surface area contributed by atoms with Crippen molar-refractivity contribution in [2.24, 2.45) is 0 Å². The number of carboxylic acid groups (broad SMARTS) is 1. The lowest BCUT2D eigenvalue weighted by molar-refractivity contribution is -0.0590. The topological polar surface area (TPSA) is 131 Å². The van der Waals surface area contributed by atoms with Crippen LogP contribution in [-0.2, 0) is 37.5 Å². The van der Waals surface area contributed by atoms with E-state index < -0.39 is 11.8 Å². The molecular formula is C31H26FN7O4. The average molecular weight is 580 g/mol. The zero-order valence-corrected chi connectivity index (χ0v) is 23.0. The Morgan fingerprint density at radius 2 is 2.05 bits per heavy atom. The van der Waals surface area contributed by atoms with Crippen molar-refractivity contribution in [3.63, 3.8) is 0 Å². The van der Waals surface area contributed by atoms with Gasteiger partial charge in [-0.05, 0) is 42.8 Å². The fourth-order valence-electron chi connectivity index (χ4n) is 5.41. The van der Waals surface area contributed by atoms with Gasteiger partial charge in [0.25, 0.3) is 0 Å². The van der Waals surface area contributed by atoms with Crippen LogP contribution in [0.15, 0.2) is 60.8 Å². The van der Waals surface area contributed by atoms with E-state index in [4.69, 9.17) is 24.8 Å². The van der Waals surface area contributed by atoms with Gasteiger partial charge in [-0.25, -0.2) is 14.2 Å². The normalized spacial score (nSPS) is 15.7. The van der Waals surface area contributed by atoms with E-state index in [2.05, 4.69) is 9.88 Å². The van der Waals surface area contributed by atoms with E-state index in [1.807, 2.05) is 33.6 Å². The maximum Gasteiger partial charge on any atom is 0.335 e. The Hall–Kier alpha value is -5.28. The van der Waals surface area contributed by atoms with Crippen molar-refractivity contribution in [3.8, 4) is 11.9 Å². The maximum absolute atomic E-state index is 14.2. The van der Waals surface area contributed by atoms with E-state index in [9.17, 15) is 14.3 Å². The highest BCUT2D eigenvalue weighted by Gasteiger charge is 2.26. The van der Waals surface area contributed by atoms with E-state index in [0.29, 0.717) is 37.6 Å². The fourth-order valence-corrected chi connectivity index (χ4v) is 5.41. The highest BCUT2D eigenvalue weighted by molar-refractivity contribution is 5.92. The number of fused-ring (bicyclic) bond motifs is 2. The van der Waals surface area contributed by atoms with E-state index in [1.54, 1.807) is 36.4 Å². The third-order valence-electron chi connectivity index (χ3n) is 7.77. The summed E-state index contributed by atoms with van der Waals surface area (Å²) >= 11 is 0. The number of hydrogen-bond donors (Lipinski definition) is 1. The van der Waals surface area contributed by atoms with Gasteiger partial charge in [-0.1, -0.05) is 12.1 Å². The lowest BCUT2D eigenvalue weighted by Gasteiger charge is -2.27. The average Bonchev–Trinajstić information content (AvgIpc) is 3.65. The predicted molar refractivity (Wildman–Crippen MR) is 152 cm³/mol. The van der Waals surface area contributed by atoms with Gasteiger partial charge < -0.3 is 24.0 Å². The number of nitrogens with zero attached hydrogens (tertiary/aromatic N) is 7. The number of rotatable bonds is 9. The number of carbonyl (C=O) groups is 1. The summed E-state index contributed by atoms with van der Waals surface area (Å²) in [6.45, 7) is 2.95. The minimum Gasteiger partial charge on any atom is -0.478 e. The summed E-state index contributed by atoms with van der Waals surface area (Å²) in [4.78, 5) is 23.1. The molecule has 0 aliphatic carbocycles. The highest BCUT2D eigenvalue weighted by atomic mass is 19.1. The van der Waals surface area contributed by atoms with Crippen LogP contribution in [0.3, 0.4) is 0 Å². The van der Waals surface area contributed by atoms with Gasteiger partial charge in [0.1, 0.15) is 24.1 Å². The van der Waals surface area contributed by atoms with Crippen LogP contribution >= 0.6 is 0 Å². The van der Waals surface area contributed by atoms with Crippen LogP contribution in [0.25, 0.3) is 11.0 Å². The number of benzene rings is 2. The summed E-state index contributed by atoms with van der Waals surface area (Å²) in [6, 6.07) is 16.6. The Labute approximate surface area is 245 Å².